The minimum absolute atomic E-state index is 0.761. The molecule has 0 heterocycles. The van der Waals surface area contributed by atoms with Crippen molar-refractivity contribution in [1.82, 2.24) is 5.32 Å². The molecule has 0 radical (unpaired) electrons. The lowest BCUT2D eigenvalue weighted by Gasteiger charge is -2.22. The minimum atomic E-state index is -3.29. The standard InChI is InChI=1S/C10H17F2NO4/c1-9(2,3)17-8(16)13-6-10(11,12)5-4-7(14)15/h4-6H2,1-3H3,(H,13,16)(H,14,15)/p-1. The molecule has 0 aromatic heterocycles. The lowest BCUT2D eigenvalue weighted by atomic mass is 10.2. The molecule has 1 N–H and O–H groups in total. The van der Waals surface area contributed by atoms with Crippen molar-refractivity contribution < 1.29 is 28.2 Å². The molecular weight excluding hydrogens is 236 g/mol. The highest BCUT2D eigenvalue weighted by Crippen LogP contribution is 2.19. The predicted octanol–water partition coefficient (Wildman–Crippen LogP) is 0.676. The third-order valence-corrected chi connectivity index (χ3v) is 1.59. The van der Waals surface area contributed by atoms with Crippen LogP contribution in [0.5, 0.6) is 0 Å². The Kier molecular flexibility index (Phi) is 5.31. The number of aliphatic carboxylic acids is 1. The maximum atomic E-state index is 13.0. The molecule has 17 heavy (non-hydrogen) atoms. The Labute approximate surface area is 98.1 Å². The van der Waals surface area contributed by atoms with E-state index in [4.69, 9.17) is 4.74 Å². The van der Waals surface area contributed by atoms with Crippen LogP contribution in [0.15, 0.2) is 0 Å². The first-order chi connectivity index (χ1) is 7.52. The fraction of sp³-hybridized carbons (Fsp3) is 0.800. The van der Waals surface area contributed by atoms with Gasteiger partial charge in [-0.2, -0.15) is 0 Å². The molecule has 0 fully saturated rings. The van der Waals surface area contributed by atoms with Crippen molar-refractivity contribution in [3.05, 3.63) is 0 Å². The minimum Gasteiger partial charge on any atom is -0.550 e. The summed E-state index contributed by atoms with van der Waals surface area (Å²) in [6.07, 6.45) is -2.61. The normalized spacial score (nSPS) is 12.1. The third-order valence-electron chi connectivity index (χ3n) is 1.59. The van der Waals surface area contributed by atoms with Gasteiger partial charge in [0.2, 0.25) is 0 Å². The molecular formula is C10H16F2NO4-. The predicted molar refractivity (Wildman–Crippen MR) is 53.4 cm³/mol. The van der Waals surface area contributed by atoms with Gasteiger partial charge in [0, 0.05) is 12.4 Å². The Morgan fingerprint density at radius 2 is 1.82 bits per heavy atom. The van der Waals surface area contributed by atoms with Crippen LogP contribution in [0.4, 0.5) is 13.6 Å². The highest BCUT2D eigenvalue weighted by molar-refractivity contribution is 5.67. The second kappa shape index (κ2) is 5.79. The van der Waals surface area contributed by atoms with Gasteiger partial charge >= 0.3 is 6.09 Å². The molecule has 0 aliphatic rings. The zero-order chi connectivity index (χ0) is 13.7. The summed E-state index contributed by atoms with van der Waals surface area (Å²) in [5.74, 6) is -4.85. The molecule has 0 spiro atoms. The molecule has 7 heteroatoms. The number of amides is 1. The van der Waals surface area contributed by atoms with Crippen molar-refractivity contribution in [2.45, 2.75) is 45.1 Å². The van der Waals surface area contributed by atoms with Gasteiger partial charge < -0.3 is 20.0 Å². The number of ether oxygens (including phenoxy) is 1. The van der Waals surface area contributed by atoms with Crippen LogP contribution in [-0.2, 0) is 9.53 Å². The van der Waals surface area contributed by atoms with Crippen LogP contribution in [0.25, 0.3) is 0 Å². The molecule has 0 unspecified atom stereocenters. The molecule has 0 saturated heterocycles. The number of carbonyl (C=O) groups is 2. The quantitative estimate of drug-likeness (QED) is 0.780. The molecule has 0 aromatic carbocycles. The van der Waals surface area contributed by atoms with Crippen LogP contribution in [0.2, 0.25) is 0 Å². The summed E-state index contributed by atoms with van der Waals surface area (Å²) in [5, 5.41) is 11.9. The first-order valence-electron chi connectivity index (χ1n) is 5.06. The lowest BCUT2D eigenvalue weighted by molar-refractivity contribution is -0.306. The van der Waals surface area contributed by atoms with Crippen LogP contribution >= 0.6 is 0 Å². The number of rotatable bonds is 5. The van der Waals surface area contributed by atoms with Gasteiger partial charge in [0.1, 0.15) is 5.60 Å². The second-order valence-corrected chi connectivity index (χ2v) is 4.58. The van der Waals surface area contributed by atoms with E-state index in [2.05, 4.69) is 0 Å². The molecule has 0 aliphatic carbocycles. The summed E-state index contributed by atoms with van der Waals surface area (Å²) in [6, 6.07) is 0. The Balaban J connectivity index is 4.00. The van der Waals surface area contributed by atoms with Gasteiger partial charge in [-0.1, -0.05) is 0 Å². The van der Waals surface area contributed by atoms with Gasteiger partial charge in [-0.05, 0) is 27.2 Å². The number of halogens is 2. The van der Waals surface area contributed by atoms with Crippen molar-refractivity contribution in [2.24, 2.45) is 0 Å². The van der Waals surface area contributed by atoms with E-state index in [0.29, 0.717) is 0 Å². The van der Waals surface area contributed by atoms with Crippen LogP contribution in [-0.4, -0.2) is 30.1 Å². The fourth-order valence-electron chi connectivity index (χ4n) is 0.889. The summed E-state index contributed by atoms with van der Waals surface area (Å²) in [5.41, 5.74) is -0.773. The zero-order valence-corrected chi connectivity index (χ0v) is 10.0. The molecule has 0 atom stereocenters. The van der Waals surface area contributed by atoms with Gasteiger partial charge in [0.05, 0.1) is 6.54 Å². The average molecular weight is 252 g/mol. The van der Waals surface area contributed by atoms with E-state index in [1.165, 1.54) is 0 Å². The number of carboxylic acid groups (broad SMARTS) is 1. The SMILES string of the molecule is CC(C)(C)OC(=O)NCC(F)(F)CCC(=O)[O-]. The monoisotopic (exact) mass is 252 g/mol. The van der Waals surface area contributed by atoms with E-state index in [-0.39, 0.29) is 0 Å². The average Bonchev–Trinajstić information content (AvgIpc) is 2.09. The number of hydrogen-bond donors (Lipinski definition) is 1. The second-order valence-electron chi connectivity index (χ2n) is 4.58. The van der Waals surface area contributed by atoms with E-state index in [1.54, 1.807) is 20.8 Å². The largest absolute Gasteiger partial charge is 0.550 e. The maximum absolute atomic E-state index is 13.0. The van der Waals surface area contributed by atoms with Gasteiger partial charge in [-0.3, -0.25) is 0 Å². The van der Waals surface area contributed by atoms with Crippen LogP contribution in [0, 0.1) is 0 Å². The molecule has 0 aromatic rings. The zero-order valence-electron chi connectivity index (χ0n) is 10.0. The lowest BCUT2D eigenvalue weighted by Crippen LogP contribution is -2.40. The molecule has 100 valence electrons. The van der Waals surface area contributed by atoms with Crippen molar-refractivity contribution in [3.8, 4) is 0 Å². The molecule has 0 rings (SSSR count). The summed E-state index contributed by atoms with van der Waals surface area (Å²) in [4.78, 5) is 21.1. The van der Waals surface area contributed by atoms with Crippen molar-refractivity contribution in [2.75, 3.05) is 6.54 Å². The first kappa shape index (κ1) is 15.6. The van der Waals surface area contributed by atoms with E-state index >= 15 is 0 Å². The summed E-state index contributed by atoms with van der Waals surface area (Å²) in [7, 11) is 0. The van der Waals surface area contributed by atoms with Crippen molar-refractivity contribution in [3.63, 3.8) is 0 Å². The van der Waals surface area contributed by atoms with Crippen molar-refractivity contribution >= 4 is 12.1 Å². The Morgan fingerprint density at radius 3 is 2.24 bits per heavy atom. The van der Waals surface area contributed by atoms with Crippen molar-refractivity contribution in [1.29, 1.82) is 0 Å². The number of carboxylic acids is 1. The first-order valence-corrected chi connectivity index (χ1v) is 5.06. The molecule has 5 nitrogen and oxygen atoms in total. The Hall–Kier alpha value is -1.40. The van der Waals surface area contributed by atoms with E-state index in [9.17, 15) is 23.5 Å². The topological polar surface area (TPSA) is 78.5 Å². The van der Waals surface area contributed by atoms with Gasteiger partial charge in [0.25, 0.3) is 5.92 Å². The molecule has 0 bridgehead atoms. The summed E-state index contributed by atoms with van der Waals surface area (Å²) < 4.78 is 30.8. The summed E-state index contributed by atoms with van der Waals surface area (Å²) >= 11 is 0. The van der Waals surface area contributed by atoms with Crippen LogP contribution in [0.1, 0.15) is 33.6 Å². The Morgan fingerprint density at radius 1 is 1.29 bits per heavy atom. The highest BCUT2D eigenvalue weighted by Gasteiger charge is 2.29. The summed E-state index contributed by atoms with van der Waals surface area (Å²) in [6.45, 7) is 3.83. The number of alkyl halides is 2. The Bertz CT molecular complexity index is 287. The number of alkyl carbamates (subject to hydrolysis) is 1. The number of nitrogens with one attached hydrogen (secondary N) is 1. The smallest absolute Gasteiger partial charge is 0.407 e. The molecule has 0 aliphatic heterocycles. The van der Waals surface area contributed by atoms with Crippen LogP contribution < -0.4 is 10.4 Å². The number of hydrogen-bond acceptors (Lipinski definition) is 4. The number of carbonyl (C=O) groups excluding carboxylic acids is 2. The van der Waals surface area contributed by atoms with Crippen LogP contribution in [0.3, 0.4) is 0 Å². The van der Waals surface area contributed by atoms with E-state index in [0.717, 1.165) is 0 Å². The highest BCUT2D eigenvalue weighted by atomic mass is 19.3. The third kappa shape index (κ3) is 9.52. The van der Waals surface area contributed by atoms with E-state index < -0.39 is 43.0 Å². The maximum Gasteiger partial charge on any atom is 0.407 e. The molecule has 0 saturated carbocycles. The van der Waals surface area contributed by atoms with Gasteiger partial charge in [-0.15, -0.1) is 0 Å². The fourth-order valence-corrected chi connectivity index (χ4v) is 0.889. The van der Waals surface area contributed by atoms with Gasteiger partial charge in [-0.25, -0.2) is 13.6 Å². The van der Waals surface area contributed by atoms with E-state index in [1.807, 2.05) is 5.32 Å². The van der Waals surface area contributed by atoms with Gasteiger partial charge in [0.15, 0.2) is 0 Å². The molecule has 1 amide bonds.